The van der Waals surface area contributed by atoms with Crippen LogP contribution in [0.1, 0.15) is 68.2 Å². The second kappa shape index (κ2) is 13.0. The highest BCUT2D eigenvalue weighted by atomic mass is 19.1. The Balaban J connectivity index is 1.41. The molecule has 1 saturated heterocycles. The number of likely N-dealkylation sites (tertiary alicyclic amines) is 1. The summed E-state index contributed by atoms with van der Waals surface area (Å²) in [5.74, 6) is -1.33. The van der Waals surface area contributed by atoms with E-state index < -0.39 is 29.5 Å². The standard InChI is InChI=1S/C35H37FN8O4/c1-21(2)39-32(45)23-10-12-26-22(18-23)14-16-38-30(26)43(25-8-7-17-42(20-25)34(47)48-35(3,4)5)33(46)27-13-11-24(19-28(27)36)44-31-29(40-41-44)9-6-15-37-31/h6,9-16,18-19,21,25H,7-8,17,20H2,1-5H3,(H,39,45)/t25-/m1/s1. The number of amides is 3. The van der Waals surface area contributed by atoms with Crippen molar-refractivity contribution in [2.75, 3.05) is 18.0 Å². The predicted octanol–water partition coefficient (Wildman–Crippen LogP) is 5.69. The number of aromatic nitrogens is 5. The molecule has 1 aliphatic heterocycles. The van der Waals surface area contributed by atoms with Gasteiger partial charge < -0.3 is 15.0 Å². The van der Waals surface area contributed by atoms with Gasteiger partial charge >= 0.3 is 6.09 Å². The molecule has 4 heterocycles. The minimum Gasteiger partial charge on any atom is -0.444 e. The maximum absolute atomic E-state index is 16.0. The molecule has 1 N–H and O–H groups in total. The zero-order valence-electron chi connectivity index (χ0n) is 27.5. The SMILES string of the molecule is CC(C)NC(=O)c1ccc2c(N(C(=O)c3ccc(-n4nnc5cccnc54)cc3F)[C@@H]3CCCN(C(=O)OC(C)(C)C)C3)nccc2c1. The van der Waals surface area contributed by atoms with Crippen molar-refractivity contribution in [3.05, 3.63) is 83.9 Å². The molecular weight excluding hydrogens is 615 g/mol. The lowest BCUT2D eigenvalue weighted by molar-refractivity contribution is 0.0195. The van der Waals surface area contributed by atoms with Crippen molar-refractivity contribution in [2.45, 2.75) is 65.1 Å². The van der Waals surface area contributed by atoms with Crippen LogP contribution in [-0.4, -0.2) is 78.5 Å². The number of nitrogens with one attached hydrogen (secondary N) is 1. The number of nitrogens with zero attached hydrogens (tertiary/aromatic N) is 7. The van der Waals surface area contributed by atoms with Crippen molar-refractivity contribution in [3.8, 4) is 5.69 Å². The summed E-state index contributed by atoms with van der Waals surface area (Å²) in [6, 6.07) is 14.0. The number of piperidine rings is 1. The van der Waals surface area contributed by atoms with Crippen LogP contribution in [0.2, 0.25) is 0 Å². The molecule has 6 rings (SSSR count). The summed E-state index contributed by atoms with van der Waals surface area (Å²) in [5, 5.41) is 12.4. The first-order chi connectivity index (χ1) is 22.9. The van der Waals surface area contributed by atoms with Crippen LogP contribution in [0, 0.1) is 5.82 Å². The van der Waals surface area contributed by atoms with Crippen molar-refractivity contribution < 1.29 is 23.5 Å². The number of carbonyl (C=O) groups excluding carboxylic acids is 3. The van der Waals surface area contributed by atoms with Gasteiger partial charge in [-0.2, -0.15) is 4.68 Å². The molecule has 5 aromatic rings. The lowest BCUT2D eigenvalue weighted by atomic mass is 10.0. The molecule has 248 valence electrons. The van der Waals surface area contributed by atoms with Crippen LogP contribution in [-0.2, 0) is 4.74 Å². The normalized spacial score (nSPS) is 15.1. The molecule has 48 heavy (non-hydrogen) atoms. The molecule has 3 amide bonds. The number of carbonyl (C=O) groups is 3. The second-order valence-electron chi connectivity index (χ2n) is 13.1. The van der Waals surface area contributed by atoms with Crippen LogP contribution in [0.3, 0.4) is 0 Å². The van der Waals surface area contributed by atoms with Crippen LogP contribution in [0.5, 0.6) is 0 Å². The maximum atomic E-state index is 16.0. The molecule has 13 heteroatoms. The quantitative estimate of drug-likeness (QED) is 0.247. The molecule has 3 aromatic heterocycles. The number of halogens is 1. The summed E-state index contributed by atoms with van der Waals surface area (Å²) >= 11 is 0. The monoisotopic (exact) mass is 652 g/mol. The number of rotatable bonds is 6. The van der Waals surface area contributed by atoms with Crippen molar-refractivity contribution in [1.29, 1.82) is 0 Å². The van der Waals surface area contributed by atoms with Gasteiger partial charge in [0.2, 0.25) is 0 Å². The predicted molar refractivity (Wildman–Crippen MR) is 179 cm³/mol. The van der Waals surface area contributed by atoms with E-state index in [1.807, 2.05) is 13.8 Å². The molecular formula is C35H37FN8O4. The van der Waals surface area contributed by atoms with Gasteiger partial charge in [-0.1, -0.05) is 5.21 Å². The van der Waals surface area contributed by atoms with E-state index in [-0.39, 0.29) is 24.1 Å². The number of ether oxygens (including phenoxy) is 1. The van der Waals surface area contributed by atoms with Gasteiger partial charge in [-0.05, 0) is 101 Å². The summed E-state index contributed by atoms with van der Waals surface area (Å²) < 4.78 is 23.1. The molecule has 0 aliphatic carbocycles. The number of pyridine rings is 2. The fraction of sp³-hybridized carbons (Fsp3) is 0.343. The molecule has 0 spiro atoms. The Kier molecular flexibility index (Phi) is 8.78. The van der Waals surface area contributed by atoms with Gasteiger partial charge in [0, 0.05) is 48.5 Å². The lowest BCUT2D eigenvalue weighted by Gasteiger charge is -2.39. The molecule has 1 aliphatic rings. The molecule has 1 fully saturated rings. The second-order valence-corrected chi connectivity index (χ2v) is 13.1. The third kappa shape index (κ3) is 6.66. The van der Waals surface area contributed by atoms with E-state index in [1.54, 1.807) is 80.5 Å². The lowest BCUT2D eigenvalue weighted by Crippen LogP contribution is -2.53. The summed E-state index contributed by atoms with van der Waals surface area (Å²) in [6.45, 7) is 9.75. The van der Waals surface area contributed by atoms with E-state index in [2.05, 4.69) is 25.6 Å². The Morgan fingerprint density at radius 3 is 2.60 bits per heavy atom. The Hall–Kier alpha value is -5.46. The van der Waals surface area contributed by atoms with Crippen LogP contribution < -0.4 is 10.2 Å². The van der Waals surface area contributed by atoms with Crippen molar-refractivity contribution >= 4 is 45.7 Å². The summed E-state index contributed by atoms with van der Waals surface area (Å²) in [7, 11) is 0. The van der Waals surface area contributed by atoms with E-state index >= 15 is 4.39 Å². The van der Waals surface area contributed by atoms with Crippen LogP contribution in [0.25, 0.3) is 27.6 Å². The van der Waals surface area contributed by atoms with E-state index in [0.717, 1.165) is 0 Å². The summed E-state index contributed by atoms with van der Waals surface area (Å²) in [4.78, 5) is 52.4. The van der Waals surface area contributed by atoms with Crippen molar-refractivity contribution in [3.63, 3.8) is 0 Å². The third-order valence-electron chi connectivity index (χ3n) is 7.92. The Morgan fingerprint density at radius 2 is 1.85 bits per heavy atom. The highest BCUT2D eigenvalue weighted by Gasteiger charge is 2.36. The Labute approximate surface area is 276 Å². The highest BCUT2D eigenvalue weighted by molar-refractivity contribution is 6.11. The smallest absolute Gasteiger partial charge is 0.410 e. The first-order valence-corrected chi connectivity index (χ1v) is 15.9. The molecule has 0 saturated carbocycles. The van der Waals surface area contributed by atoms with Gasteiger partial charge in [-0.25, -0.2) is 19.2 Å². The first kappa shape index (κ1) is 32.5. The fourth-order valence-corrected chi connectivity index (χ4v) is 5.81. The molecule has 1 atom stereocenters. The van der Waals surface area contributed by atoms with Gasteiger partial charge in [0.15, 0.2) is 5.65 Å². The van der Waals surface area contributed by atoms with Gasteiger partial charge in [-0.3, -0.25) is 14.5 Å². The number of benzene rings is 2. The van der Waals surface area contributed by atoms with E-state index in [1.165, 1.54) is 21.7 Å². The van der Waals surface area contributed by atoms with E-state index in [9.17, 15) is 14.4 Å². The minimum atomic E-state index is -0.769. The van der Waals surface area contributed by atoms with Gasteiger partial charge in [-0.15, -0.1) is 5.10 Å². The number of fused-ring (bicyclic) bond motifs is 2. The molecule has 0 radical (unpaired) electrons. The number of anilines is 1. The average Bonchev–Trinajstić information content (AvgIpc) is 3.48. The molecule has 0 bridgehead atoms. The van der Waals surface area contributed by atoms with E-state index in [0.29, 0.717) is 58.4 Å². The third-order valence-corrected chi connectivity index (χ3v) is 7.92. The van der Waals surface area contributed by atoms with Crippen LogP contribution >= 0.6 is 0 Å². The molecule has 12 nitrogen and oxygen atoms in total. The van der Waals surface area contributed by atoms with Crippen LogP contribution in [0.15, 0.2) is 67.0 Å². The van der Waals surface area contributed by atoms with Gasteiger partial charge in [0.05, 0.1) is 17.3 Å². The van der Waals surface area contributed by atoms with E-state index in [4.69, 9.17) is 4.74 Å². The fourth-order valence-electron chi connectivity index (χ4n) is 5.81. The minimum absolute atomic E-state index is 0.0469. The largest absolute Gasteiger partial charge is 0.444 e. The highest BCUT2D eigenvalue weighted by Crippen LogP contribution is 2.32. The topological polar surface area (TPSA) is 135 Å². The summed E-state index contributed by atoms with van der Waals surface area (Å²) in [5.41, 5.74) is 0.910. The van der Waals surface area contributed by atoms with Crippen molar-refractivity contribution in [2.24, 2.45) is 0 Å². The Morgan fingerprint density at radius 1 is 1.04 bits per heavy atom. The summed E-state index contributed by atoms with van der Waals surface area (Å²) in [6.07, 6.45) is 3.78. The number of hydrogen-bond acceptors (Lipinski definition) is 8. The number of hydrogen-bond donors (Lipinski definition) is 1. The zero-order valence-corrected chi connectivity index (χ0v) is 27.5. The van der Waals surface area contributed by atoms with Gasteiger partial charge in [0.25, 0.3) is 11.8 Å². The molecule has 0 unspecified atom stereocenters. The zero-order chi connectivity index (χ0) is 34.2. The average molecular weight is 653 g/mol. The first-order valence-electron chi connectivity index (χ1n) is 15.9. The maximum Gasteiger partial charge on any atom is 0.410 e. The van der Waals surface area contributed by atoms with Gasteiger partial charge in [0.1, 0.15) is 22.8 Å². The van der Waals surface area contributed by atoms with Crippen LogP contribution in [0.4, 0.5) is 15.0 Å². The Bertz CT molecular complexity index is 2020. The van der Waals surface area contributed by atoms with Crippen molar-refractivity contribution in [1.82, 2.24) is 35.2 Å². The molecule has 2 aromatic carbocycles.